The third-order valence-corrected chi connectivity index (χ3v) is 2.54. The minimum absolute atomic E-state index is 0. The van der Waals surface area contributed by atoms with E-state index in [-0.39, 0.29) is 7.43 Å². The molecule has 0 nitrogen and oxygen atoms in total. The lowest BCUT2D eigenvalue weighted by atomic mass is 10.2. The van der Waals surface area contributed by atoms with Gasteiger partial charge in [-0.3, -0.25) is 0 Å². The second-order valence-corrected chi connectivity index (χ2v) is 4.14. The van der Waals surface area contributed by atoms with Crippen molar-refractivity contribution in [2.24, 2.45) is 0 Å². The van der Waals surface area contributed by atoms with Gasteiger partial charge in [-0.25, -0.2) is 0 Å². The highest BCUT2D eigenvalue weighted by Gasteiger charge is 1.89. The molecule has 0 bridgehead atoms. The molecule has 0 atom stereocenters. The molecule has 2 heteroatoms. The maximum absolute atomic E-state index is 5.78. The summed E-state index contributed by atoms with van der Waals surface area (Å²) in [6, 6.07) is 14.9. The first-order valence-electron chi connectivity index (χ1n) is 4.77. The molecule has 86 valence electrons. The molecular formula is C15H12Cl2. The summed E-state index contributed by atoms with van der Waals surface area (Å²) in [5.74, 6) is 6.11. The summed E-state index contributed by atoms with van der Waals surface area (Å²) >= 11 is 11.6. The summed E-state index contributed by atoms with van der Waals surface area (Å²) in [6.07, 6.45) is 0. The summed E-state index contributed by atoms with van der Waals surface area (Å²) in [5.41, 5.74) is 1.89. The van der Waals surface area contributed by atoms with Crippen LogP contribution in [0.3, 0.4) is 0 Å². The van der Waals surface area contributed by atoms with Gasteiger partial charge in [0.05, 0.1) is 0 Å². The van der Waals surface area contributed by atoms with Gasteiger partial charge in [-0.05, 0) is 48.5 Å². The van der Waals surface area contributed by atoms with E-state index >= 15 is 0 Å². The van der Waals surface area contributed by atoms with Gasteiger partial charge in [0.15, 0.2) is 0 Å². The van der Waals surface area contributed by atoms with Crippen molar-refractivity contribution in [2.75, 3.05) is 0 Å². The molecule has 0 aliphatic carbocycles. The van der Waals surface area contributed by atoms with Crippen molar-refractivity contribution in [3.05, 3.63) is 69.7 Å². The Morgan fingerprint density at radius 3 is 1.18 bits per heavy atom. The topological polar surface area (TPSA) is 0 Å². The summed E-state index contributed by atoms with van der Waals surface area (Å²) in [4.78, 5) is 0. The van der Waals surface area contributed by atoms with Crippen LogP contribution in [0.5, 0.6) is 0 Å². The van der Waals surface area contributed by atoms with Crippen molar-refractivity contribution < 1.29 is 0 Å². The zero-order valence-electron chi connectivity index (χ0n) is 8.37. The normalized spacial score (nSPS) is 8.82. The molecule has 0 aromatic heterocycles. The maximum Gasteiger partial charge on any atom is 0.0406 e. The van der Waals surface area contributed by atoms with E-state index in [9.17, 15) is 0 Å². The van der Waals surface area contributed by atoms with Crippen molar-refractivity contribution >= 4 is 23.2 Å². The third-order valence-electron chi connectivity index (χ3n) is 2.04. The Hall–Kier alpha value is -1.42. The lowest BCUT2D eigenvalue weighted by Crippen LogP contribution is -1.75. The van der Waals surface area contributed by atoms with E-state index < -0.39 is 0 Å². The fraction of sp³-hybridized carbons (Fsp3) is 0.0667. The Morgan fingerprint density at radius 1 is 0.588 bits per heavy atom. The van der Waals surface area contributed by atoms with Crippen molar-refractivity contribution in [1.29, 1.82) is 0 Å². The van der Waals surface area contributed by atoms with Gasteiger partial charge in [-0.2, -0.15) is 0 Å². The van der Waals surface area contributed by atoms with Gasteiger partial charge in [-0.15, -0.1) is 0 Å². The molecule has 0 spiro atoms. The fourth-order valence-electron chi connectivity index (χ4n) is 1.21. The minimum atomic E-state index is 0. The Labute approximate surface area is 112 Å². The van der Waals surface area contributed by atoms with Crippen molar-refractivity contribution in [3.63, 3.8) is 0 Å². The first-order chi connectivity index (χ1) is 7.74. The van der Waals surface area contributed by atoms with E-state index in [2.05, 4.69) is 11.8 Å². The highest BCUT2D eigenvalue weighted by atomic mass is 35.5. The first kappa shape index (κ1) is 13.6. The van der Waals surface area contributed by atoms with Crippen LogP contribution in [0.15, 0.2) is 48.5 Å². The molecule has 0 amide bonds. The van der Waals surface area contributed by atoms with Crippen LogP contribution < -0.4 is 0 Å². The van der Waals surface area contributed by atoms with E-state index in [1.165, 1.54) is 0 Å². The molecule has 17 heavy (non-hydrogen) atoms. The average molecular weight is 263 g/mol. The number of hydrogen-bond acceptors (Lipinski definition) is 0. The first-order valence-corrected chi connectivity index (χ1v) is 5.53. The molecule has 0 heterocycles. The third kappa shape index (κ3) is 4.15. The number of benzene rings is 2. The highest BCUT2D eigenvalue weighted by Crippen LogP contribution is 2.10. The molecule has 0 aliphatic heterocycles. The molecule has 2 rings (SSSR count). The van der Waals surface area contributed by atoms with Crippen LogP contribution in [-0.2, 0) is 0 Å². The number of hydrogen-bond donors (Lipinski definition) is 0. The molecule has 0 radical (unpaired) electrons. The van der Waals surface area contributed by atoms with Crippen molar-refractivity contribution in [1.82, 2.24) is 0 Å². The molecule has 0 saturated heterocycles. The monoisotopic (exact) mass is 262 g/mol. The van der Waals surface area contributed by atoms with Gasteiger partial charge >= 0.3 is 0 Å². The Bertz CT molecular complexity index is 478. The quantitative estimate of drug-likeness (QED) is 0.585. The molecular weight excluding hydrogens is 251 g/mol. The molecule has 0 N–H and O–H groups in total. The van der Waals surface area contributed by atoms with Crippen LogP contribution in [-0.4, -0.2) is 0 Å². The lowest BCUT2D eigenvalue weighted by molar-refractivity contribution is 1.62. The Balaban J connectivity index is 0.00000144. The van der Waals surface area contributed by atoms with Gasteiger partial charge in [-0.1, -0.05) is 42.5 Å². The van der Waals surface area contributed by atoms with Crippen molar-refractivity contribution in [2.45, 2.75) is 7.43 Å². The summed E-state index contributed by atoms with van der Waals surface area (Å²) in [7, 11) is 0. The molecule has 0 unspecified atom stereocenters. The number of rotatable bonds is 0. The molecule has 2 aromatic rings. The summed E-state index contributed by atoms with van der Waals surface area (Å²) in [6.45, 7) is 0. The van der Waals surface area contributed by atoms with Gasteiger partial charge in [0, 0.05) is 21.2 Å². The van der Waals surface area contributed by atoms with E-state index in [0.717, 1.165) is 21.2 Å². The molecule has 2 aromatic carbocycles. The highest BCUT2D eigenvalue weighted by molar-refractivity contribution is 6.30. The SMILES string of the molecule is C.Clc1ccc(C#Cc2ccc(Cl)cc2)cc1. The lowest BCUT2D eigenvalue weighted by Gasteiger charge is -1.91. The zero-order valence-corrected chi connectivity index (χ0v) is 9.89. The van der Waals surface area contributed by atoms with Gasteiger partial charge < -0.3 is 0 Å². The van der Waals surface area contributed by atoms with E-state index in [0.29, 0.717) is 0 Å². The predicted octanol–water partition coefficient (Wildman–Crippen LogP) is 5.03. The van der Waals surface area contributed by atoms with Crippen LogP contribution in [0.2, 0.25) is 10.0 Å². The van der Waals surface area contributed by atoms with Gasteiger partial charge in [0.1, 0.15) is 0 Å². The molecule has 0 fully saturated rings. The predicted molar refractivity (Wildman–Crippen MR) is 75.6 cm³/mol. The Morgan fingerprint density at radius 2 is 0.882 bits per heavy atom. The second kappa shape index (κ2) is 6.35. The standard InChI is InChI=1S/C14H8Cl2.CH4/c15-13-7-3-11(4-8-13)1-2-12-5-9-14(16)10-6-12;/h3-10H;1H4. The van der Waals surface area contributed by atoms with Gasteiger partial charge in [0.2, 0.25) is 0 Å². The summed E-state index contributed by atoms with van der Waals surface area (Å²) < 4.78 is 0. The number of halogens is 2. The van der Waals surface area contributed by atoms with E-state index in [4.69, 9.17) is 23.2 Å². The van der Waals surface area contributed by atoms with Crippen LogP contribution in [0.4, 0.5) is 0 Å². The minimum Gasteiger partial charge on any atom is -0.0843 e. The van der Waals surface area contributed by atoms with Crippen LogP contribution in [0.1, 0.15) is 18.6 Å². The zero-order chi connectivity index (χ0) is 11.4. The Kier molecular flexibility index (Phi) is 5.10. The fourth-order valence-corrected chi connectivity index (χ4v) is 1.46. The van der Waals surface area contributed by atoms with Crippen LogP contribution in [0, 0.1) is 11.8 Å². The largest absolute Gasteiger partial charge is 0.0843 e. The second-order valence-electron chi connectivity index (χ2n) is 3.26. The van der Waals surface area contributed by atoms with Crippen molar-refractivity contribution in [3.8, 4) is 11.8 Å². The average Bonchev–Trinajstić information content (AvgIpc) is 2.30. The summed E-state index contributed by atoms with van der Waals surface area (Å²) in [5, 5.41) is 1.44. The van der Waals surface area contributed by atoms with Crippen LogP contribution in [0.25, 0.3) is 0 Å². The molecule has 0 aliphatic rings. The van der Waals surface area contributed by atoms with Crippen LogP contribution >= 0.6 is 23.2 Å². The maximum atomic E-state index is 5.78. The van der Waals surface area contributed by atoms with Gasteiger partial charge in [0.25, 0.3) is 0 Å². The van der Waals surface area contributed by atoms with E-state index in [1.807, 2.05) is 48.5 Å². The van der Waals surface area contributed by atoms with E-state index in [1.54, 1.807) is 0 Å². The molecule has 0 saturated carbocycles. The smallest absolute Gasteiger partial charge is 0.0406 e.